The molecule has 1 unspecified atom stereocenters. The van der Waals surface area contributed by atoms with E-state index in [1.807, 2.05) is 21.1 Å². The predicted molar refractivity (Wildman–Crippen MR) is 166 cm³/mol. The maximum atomic E-state index is 14.1. The quantitative estimate of drug-likeness (QED) is 0.171. The number of H-pyrrole nitrogens is 2. The molecule has 2 aromatic heterocycles. The molecule has 7 atom stereocenters. The van der Waals surface area contributed by atoms with Crippen LogP contribution in [0.15, 0.2) is 31.6 Å². The van der Waals surface area contributed by atoms with E-state index in [1.165, 1.54) is 35.4 Å². The molecule has 0 radical (unpaired) electrons. The molecule has 2 aromatic rings. The highest BCUT2D eigenvalue weighted by molar-refractivity contribution is 8.93. The largest absolute Gasteiger partial charge is 0.394 e. The van der Waals surface area contributed by atoms with Crippen molar-refractivity contribution in [2.24, 2.45) is 0 Å². The first-order valence-electron chi connectivity index (χ1n) is 13.7. The van der Waals surface area contributed by atoms with Crippen LogP contribution in [0.1, 0.15) is 36.4 Å². The van der Waals surface area contributed by atoms with Gasteiger partial charge in [-0.05, 0) is 25.2 Å². The Balaban J connectivity index is 0.00000529. The Morgan fingerprint density at radius 3 is 2.02 bits per heavy atom. The predicted octanol–water partition coefficient (Wildman–Crippen LogP) is 0.159. The van der Waals surface area contributed by atoms with Crippen molar-refractivity contribution in [3.05, 3.63) is 65.2 Å². The average Bonchev–Trinajstić information content (AvgIpc) is 3.48. The maximum Gasteiger partial charge on any atom is 0.389 e. The molecule has 19 heteroatoms. The van der Waals surface area contributed by atoms with Gasteiger partial charge < -0.3 is 24.2 Å². The number of aliphatic hydroxyl groups excluding tert-OH is 2. The minimum absolute atomic E-state index is 0. The van der Waals surface area contributed by atoms with Crippen LogP contribution in [-0.2, 0) is 23.1 Å². The first-order valence-corrected chi connectivity index (χ1v) is 16.8. The molecule has 2 fully saturated rings. The Labute approximate surface area is 266 Å². The summed E-state index contributed by atoms with van der Waals surface area (Å²) in [7, 11) is 5.91. The molecule has 4 N–H and O–H groups in total. The van der Waals surface area contributed by atoms with Crippen LogP contribution in [0.2, 0.25) is 0 Å². The van der Waals surface area contributed by atoms with Gasteiger partial charge in [0.15, 0.2) is 0 Å². The molecule has 0 saturated carbocycles. The van der Waals surface area contributed by atoms with Crippen molar-refractivity contribution in [1.29, 1.82) is 0 Å². The lowest BCUT2D eigenvalue weighted by Crippen LogP contribution is -2.36. The Hall–Kier alpha value is -1.86. The Morgan fingerprint density at radius 2 is 1.50 bits per heavy atom. The van der Waals surface area contributed by atoms with E-state index in [1.54, 1.807) is 0 Å². The van der Waals surface area contributed by atoms with Crippen LogP contribution in [0, 0.1) is 13.8 Å². The Kier molecular flexibility index (Phi) is 12.2. The number of aliphatic hydroxyl groups is 2. The lowest BCUT2D eigenvalue weighted by atomic mass is 10.2. The number of halogens is 1. The number of aromatic nitrogens is 4. The van der Waals surface area contributed by atoms with Crippen LogP contribution in [0.25, 0.3) is 0 Å². The van der Waals surface area contributed by atoms with E-state index in [2.05, 4.69) is 9.97 Å². The lowest BCUT2D eigenvalue weighted by molar-refractivity contribution is -0.867. The second-order valence-electron chi connectivity index (χ2n) is 11.7. The fraction of sp³-hybridized carbons (Fsp3) is 0.680. The Bertz CT molecular complexity index is 1590. The number of rotatable bonds is 12. The van der Waals surface area contributed by atoms with Gasteiger partial charge in [0.05, 0.1) is 52.8 Å². The fourth-order valence-electron chi connectivity index (χ4n) is 4.64. The summed E-state index contributed by atoms with van der Waals surface area (Å²) in [6.07, 6.45) is -2.99. The molecular weight excluding hydrogens is 689 g/mol. The van der Waals surface area contributed by atoms with Gasteiger partial charge in [0, 0.05) is 36.4 Å². The molecular formula is C25H40BrN5O11PS+. The van der Waals surface area contributed by atoms with Crippen LogP contribution < -0.4 is 22.5 Å². The van der Waals surface area contributed by atoms with E-state index in [9.17, 15) is 34.0 Å². The number of aryl methyl sites for hydroxylation is 2. The Morgan fingerprint density at radius 1 is 0.977 bits per heavy atom. The third-order valence-electron chi connectivity index (χ3n) is 7.15. The van der Waals surface area contributed by atoms with Gasteiger partial charge in [-0.1, -0.05) is 0 Å². The van der Waals surface area contributed by atoms with Crippen molar-refractivity contribution >= 4 is 35.2 Å². The number of aromatic amines is 2. The number of hydrogen-bond acceptors (Lipinski definition) is 12. The summed E-state index contributed by atoms with van der Waals surface area (Å²) in [6, 6.07) is 0. The molecule has 44 heavy (non-hydrogen) atoms. The maximum absolute atomic E-state index is 14.1. The molecule has 4 heterocycles. The third-order valence-corrected chi connectivity index (χ3v) is 10.9. The minimum Gasteiger partial charge on any atom is -0.394 e. The van der Waals surface area contributed by atoms with Crippen molar-refractivity contribution in [2.75, 3.05) is 46.7 Å². The standard InChI is InChI=1S/C25H38N5O11PS.BrH/c1-14-10-28(24(35)26-22(14)33)20-8-16(32)19(40-20)13-38-42(37,43-7-6-30(3,4)5)41-17-9-21(39-18(17)12-31)29-11-15(2)23(34)27-25(29)36;/h10-11,16-21,31-32H,6-9,12-13H2,1-5H3,(H-,26,27,33,34,35,36);1H/p+1/t16-,17-,18+,19+,20+,21+,42?;/m0./s1. The second-order valence-corrected chi connectivity index (χ2v) is 15.8. The van der Waals surface area contributed by atoms with Crippen molar-refractivity contribution in [1.82, 2.24) is 19.1 Å². The molecule has 2 aliphatic rings. The molecule has 0 aliphatic carbocycles. The highest BCUT2D eigenvalue weighted by atomic mass is 79.9. The van der Waals surface area contributed by atoms with Gasteiger partial charge in [-0.15, -0.1) is 17.0 Å². The number of nitrogens with zero attached hydrogens (tertiary/aromatic N) is 3. The molecule has 2 saturated heterocycles. The van der Waals surface area contributed by atoms with E-state index < -0.39 is 72.8 Å². The fourth-order valence-corrected chi connectivity index (χ4v) is 8.41. The van der Waals surface area contributed by atoms with Gasteiger partial charge in [-0.25, -0.2) is 14.2 Å². The molecule has 4 rings (SSSR count). The molecule has 16 nitrogen and oxygen atoms in total. The molecule has 0 spiro atoms. The monoisotopic (exact) mass is 728 g/mol. The van der Waals surface area contributed by atoms with E-state index >= 15 is 0 Å². The van der Waals surface area contributed by atoms with Crippen molar-refractivity contribution < 1.29 is 37.8 Å². The summed E-state index contributed by atoms with van der Waals surface area (Å²) in [5.41, 5.74) is -1.88. The van der Waals surface area contributed by atoms with Crippen LogP contribution >= 0.6 is 35.2 Å². The van der Waals surface area contributed by atoms with E-state index in [-0.39, 0.29) is 42.0 Å². The highest BCUT2D eigenvalue weighted by Crippen LogP contribution is 2.63. The molecule has 0 aromatic carbocycles. The molecule has 0 bridgehead atoms. The number of quaternary nitrogens is 1. The third kappa shape index (κ3) is 8.90. The zero-order valence-corrected chi connectivity index (χ0v) is 28.5. The number of nitrogens with one attached hydrogen (secondary N) is 2. The van der Waals surface area contributed by atoms with Gasteiger partial charge in [0.1, 0.15) is 30.8 Å². The summed E-state index contributed by atoms with van der Waals surface area (Å²) in [4.78, 5) is 52.7. The van der Waals surface area contributed by atoms with Gasteiger partial charge >= 0.3 is 18.2 Å². The summed E-state index contributed by atoms with van der Waals surface area (Å²) < 4.78 is 40.5. The SMILES string of the molecule is Br.Cc1cn([C@H]2C[C@H](OP(=O)(OC[C@H]3O[C@@H](n4cc(C)c(=O)[nH]c4=O)C[C@@H]3O)SCC[N+](C)(C)C)[C@@H](CO)O2)c(=O)[nH]c1=O. The first-order chi connectivity index (χ1) is 20.1. The van der Waals surface area contributed by atoms with Gasteiger partial charge in [-0.2, -0.15) is 0 Å². The number of hydrogen-bond donors (Lipinski definition) is 4. The molecule has 248 valence electrons. The first kappa shape index (κ1) is 36.6. The van der Waals surface area contributed by atoms with Gasteiger partial charge in [0.2, 0.25) is 0 Å². The van der Waals surface area contributed by atoms with Crippen molar-refractivity contribution in [2.45, 2.75) is 63.6 Å². The highest BCUT2D eigenvalue weighted by Gasteiger charge is 2.44. The van der Waals surface area contributed by atoms with E-state index in [0.717, 1.165) is 11.4 Å². The summed E-state index contributed by atoms with van der Waals surface area (Å²) in [6.45, 7) is -1.15. The molecule has 0 amide bonds. The van der Waals surface area contributed by atoms with Crippen LogP contribution in [-0.4, -0.2) is 105 Å². The topological polar surface area (TPSA) is 204 Å². The van der Waals surface area contributed by atoms with Crippen LogP contribution in [0.4, 0.5) is 0 Å². The normalized spacial score (nSPS) is 26.8. The minimum atomic E-state index is -3.98. The van der Waals surface area contributed by atoms with Gasteiger partial charge in [0.25, 0.3) is 11.1 Å². The zero-order valence-electron chi connectivity index (χ0n) is 25.0. The smallest absolute Gasteiger partial charge is 0.389 e. The van der Waals surface area contributed by atoms with Gasteiger partial charge in [-0.3, -0.25) is 37.7 Å². The summed E-state index contributed by atoms with van der Waals surface area (Å²) in [5.74, 6) is 0.378. The molecule has 2 aliphatic heterocycles. The summed E-state index contributed by atoms with van der Waals surface area (Å²) >= 11 is 0.953. The van der Waals surface area contributed by atoms with E-state index in [0.29, 0.717) is 22.3 Å². The van der Waals surface area contributed by atoms with Crippen LogP contribution in [0.5, 0.6) is 0 Å². The lowest BCUT2D eigenvalue weighted by Gasteiger charge is -2.27. The second kappa shape index (κ2) is 14.7. The van der Waals surface area contributed by atoms with E-state index in [4.69, 9.17) is 18.5 Å². The van der Waals surface area contributed by atoms with Crippen molar-refractivity contribution in [3.63, 3.8) is 0 Å². The van der Waals surface area contributed by atoms with Crippen molar-refractivity contribution in [3.8, 4) is 0 Å². The zero-order chi connectivity index (χ0) is 31.7. The summed E-state index contributed by atoms with van der Waals surface area (Å²) in [5, 5.41) is 20.7. The van der Waals surface area contributed by atoms with Crippen LogP contribution in [0.3, 0.4) is 0 Å². The number of ether oxygens (including phenoxy) is 2. The average molecular weight is 730 g/mol.